The highest BCUT2D eigenvalue weighted by atomic mass is 35.5. The Kier molecular flexibility index (Phi) is 7.36. The Hall–Kier alpha value is -3.69. The van der Waals surface area contributed by atoms with Crippen molar-refractivity contribution in [1.29, 1.82) is 0 Å². The van der Waals surface area contributed by atoms with Crippen LogP contribution in [0.2, 0.25) is 5.02 Å². The van der Waals surface area contributed by atoms with E-state index in [0.29, 0.717) is 34.5 Å². The number of hydrogen-bond acceptors (Lipinski definition) is 6. The molecule has 0 aliphatic heterocycles. The van der Waals surface area contributed by atoms with E-state index in [0.717, 1.165) is 5.56 Å². The number of urea groups is 1. The molecule has 9 nitrogen and oxygen atoms in total. The maximum Gasteiger partial charge on any atom is 0.321 e. The van der Waals surface area contributed by atoms with E-state index in [1.165, 1.54) is 17.3 Å². The number of hydrazine groups is 1. The molecule has 0 atom stereocenters. The van der Waals surface area contributed by atoms with E-state index in [4.69, 9.17) is 11.6 Å². The first-order valence-electron chi connectivity index (χ1n) is 9.36. The Labute approximate surface area is 184 Å². The summed E-state index contributed by atoms with van der Waals surface area (Å²) < 4.78 is 0. The van der Waals surface area contributed by atoms with Crippen LogP contribution < -0.4 is 21.5 Å². The van der Waals surface area contributed by atoms with Gasteiger partial charge in [0.25, 0.3) is 5.91 Å². The molecule has 3 aromatic rings. The van der Waals surface area contributed by atoms with E-state index >= 15 is 0 Å². The van der Waals surface area contributed by atoms with E-state index in [1.54, 1.807) is 32.3 Å². The van der Waals surface area contributed by atoms with Gasteiger partial charge in [-0.2, -0.15) is 0 Å². The summed E-state index contributed by atoms with van der Waals surface area (Å²) in [5.74, 6) is -0.0522. The molecule has 1 aromatic heterocycles. The molecule has 0 radical (unpaired) electrons. The topological polar surface area (TPSA) is 111 Å². The standard InChI is InChI=1S/C21H22ClN7O2/c1-29(2)21(31)27-18-10-16(8-9-17(18)22)26-20-23-12-15(13-24-20)19(30)28-25-11-14-6-4-3-5-7-14/h3-10,12-13,25H,11H2,1-2H3,(H,27,31)(H,28,30)(H,23,24,26). The number of halogens is 1. The fourth-order valence-electron chi connectivity index (χ4n) is 2.46. The Morgan fingerprint density at radius 2 is 1.74 bits per heavy atom. The quantitative estimate of drug-likeness (QED) is 0.420. The maximum absolute atomic E-state index is 12.2. The number of anilines is 3. The lowest BCUT2D eigenvalue weighted by molar-refractivity contribution is 0.0931. The largest absolute Gasteiger partial charge is 0.331 e. The molecular weight excluding hydrogens is 418 g/mol. The molecule has 3 rings (SSSR count). The number of carbonyl (C=O) groups is 2. The van der Waals surface area contributed by atoms with Crippen LogP contribution in [0.1, 0.15) is 15.9 Å². The van der Waals surface area contributed by atoms with Crippen LogP contribution in [0.3, 0.4) is 0 Å². The van der Waals surface area contributed by atoms with E-state index < -0.39 is 0 Å². The molecule has 160 valence electrons. The van der Waals surface area contributed by atoms with Crippen molar-refractivity contribution in [1.82, 2.24) is 25.7 Å². The van der Waals surface area contributed by atoms with Crippen LogP contribution in [0.5, 0.6) is 0 Å². The minimum atomic E-state index is -0.345. The molecule has 0 spiro atoms. The van der Waals surface area contributed by atoms with Gasteiger partial charge < -0.3 is 15.5 Å². The number of nitrogens with one attached hydrogen (secondary N) is 4. The third-order valence-electron chi connectivity index (χ3n) is 4.12. The lowest BCUT2D eigenvalue weighted by atomic mass is 10.2. The summed E-state index contributed by atoms with van der Waals surface area (Å²) in [5.41, 5.74) is 7.90. The molecule has 0 aliphatic carbocycles. The van der Waals surface area contributed by atoms with Crippen molar-refractivity contribution < 1.29 is 9.59 Å². The molecule has 1 heterocycles. The molecule has 0 saturated heterocycles. The summed E-state index contributed by atoms with van der Waals surface area (Å²) in [4.78, 5) is 33.8. The van der Waals surface area contributed by atoms with Gasteiger partial charge in [0, 0.05) is 38.7 Å². The van der Waals surface area contributed by atoms with Crippen LogP contribution in [-0.4, -0.2) is 40.9 Å². The first-order valence-corrected chi connectivity index (χ1v) is 9.74. The Balaban J connectivity index is 1.57. The first-order chi connectivity index (χ1) is 14.9. The van der Waals surface area contributed by atoms with Crippen molar-refractivity contribution in [2.75, 3.05) is 24.7 Å². The first kappa shape index (κ1) is 22.0. The van der Waals surface area contributed by atoms with Gasteiger partial charge in [-0.25, -0.2) is 20.2 Å². The summed E-state index contributed by atoms with van der Waals surface area (Å²) in [6.07, 6.45) is 2.83. The van der Waals surface area contributed by atoms with Gasteiger partial charge >= 0.3 is 6.03 Å². The fraction of sp³-hybridized carbons (Fsp3) is 0.143. The van der Waals surface area contributed by atoms with Gasteiger partial charge in [-0.3, -0.25) is 10.2 Å². The molecule has 0 fully saturated rings. The second-order valence-electron chi connectivity index (χ2n) is 6.73. The number of benzene rings is 2. The van der Waals surface area contributed by atoms with Crippen molar-refractivity contribution >= 4 is 40.9 Å². The van der Waals surface area contributed by atoms with Crippen molar-refractivity contribution in [3.05, 3.63) is 77.1 Å². The zero-order valence-electron chi connectivity index (χ0n) is 17.0. The normalized spacial score (nSPS) is 10.3. The molecule has 10 heteroatoms. The molecule has 3 amide bonds. The minimum absolute atomic E-state index is 0.293. The molecule has 0 aliphatic rings. The van der Waals surface area contributed by atoms with E-state index in [-0.39, 0.29) is 11.9 Å². The monoisotopic (exact) mass is 439 g/mol. The molecule has 4 N–H and O–H groups in total. The van der Waals surface area contributed by atoms with Gasteiger partial charge in [0.15, 0.2) is 0 Å². The average Bonchev–Trinajstić information content (AvgIpc) is 2.77. The Morgan fingerprint density at radius 3 is 2.42 bits per heavy atom. The average molecular weight is 440 g/mol. The highest BCUT2D eigenvalue weighted by Gasteiger charge is 2.10. The van der Waals surface area contributed by atoms with Gasteiger partial charge in [0.05, 0.1) is 16.3 Å². The van der Waals surface area contributed by atoms with Crippen LogP contribution in [-0.2, 0) is 6.54 Å². The summed E-state index contributed by atoms with van der Waals surface area (Å²) in [6, 6.07) is 14.4. The van der Waals surface area contributed by atoms with E-state index in [9.17, 15) is 9.59 Å². The van der Waals surface area contributed by atoms with Gasteiger partial charge in [0.1, 0.15) is 0 Å². The predicted molar refractivity (Wildman–Crippen MR) is 120 cm³/mol. The van der Waals surface area contributed by atoms with Gasteiger partial charge in [0.2, 0.25) is 5.95 Å². The van der Waals surface area contributed by atoms with Crippen LogP contribution in [0, 0.1) is 0 Å². The third kappa shape index (κ3) is 6.39. The summed E-state index contributed by atoms with van der Waals surface area (Å²) in [7, 11) is 3.27. The van der Waals surface area contributed by atoms with Gasteiger partial charge in [-0.05, 0) is 23.8 Å². The fourth-order valence-corrected chi connectivity index (χ4v) is 2.62. The van der Waals surface area contributed by atoms with Gasteiger partial charge in [-0.15, -0.1) is 0 Å². The molecule has 31 heavy (non-hydrogen) atoms. The SMILES string of the molecule is CN(C)C(=O)Nc1cc(Nc2ncc(C(=O)NNCc3ccccc3)cn2)ccc1Cl. The zero-order valence-corrected chi connectivity index (χ0v) is 17.8. The van der Waals surface area contributed by atoms with E-state index in [2.05, 4.69) is 31.5 Å². The van der Waals surface area contributed by atoms with Crippen LogP contribution >= 0.6 is 11.6 Å². The highest BCUT2D eigenvalue weighted by Crippen LogP contribution is 2.26. The van der Waals surface area contributed by atoms with Gasteiger partial charge in [-0.1, -0.05) is 41.9 Å². The predicted octanol–water partition coefficient (Wildman–Crippen LogP) is 3.40. The molecule has 2 aromatic carbocycles. The molecule has 0 bridgehead atoms. The third-order valence-corrected chi connectivity index (χ3v) is 4.45. The number of nitrogens with zero attached hydrogens (tertiary/aromatic N) is 3. The smallest absolute Gasteiger partial charge is 0.321 e. The number of amides is 3. The number of aromatic nitrogens is 2. The van der Waals surface area contributed by atoms with Crippen LogP contribution in [0.25, 0.3) is 0 Å². The number of carbonyl (C=O) groups excluding carboxylic acids is 2. The van der Waals surface area contributed by atoms with Crippen LogP contribution in [0.15, 0.2) is 60.9 Å². The van der Waals surface area contributed by atoms with Crippen molar-refractivity contribution in [3.8, 4) is 0 Å². The second-order valence-corrected chi connectivity index (χ2v) is 7.14. The number of hydrogen-bond donors (Lipinski definition) is 4. The van der Waals surface area contributed by atoms with E-state index in [1.807, 2.05) is 30.3 Å². The summed E-state index contributed by atoms with van der Waals surface area (Å²) >= 11 is 6.14. The minimum Gasteiger partial charge on any atom is -0.331 e. The Morgan fingerprint density at radius 1 is 1.03 bits per heavy atom. The van der Waals surface area contributed by atoms with Crippen molar-refractivity contribution in [3.63, 3.8) is 0 Å². The number of rotatable bonds is 7. The van der Waals surface area contributed by atoms with Crippen molar-refractivity contribution in [2.24, 2.45) is 0 Å². The highest BCUT2D eigenvalue weighted by molar-refractivity contribution is 6.33. The molecule has 0 saturated carbocycles. The Bertz CT molecular complexity index is 1040. The molecule has 0 unspecified atom stereocenters. The summed E-state index contributed by atoms with van der Waals surface area (Å²) in [5, 5.41) is 6.12. The maximum atomic E-state index is 12.2. The summed E-state index contributed by atoms with van der Waals surface area (Å²) in [6.45, 7) is 0.496. The zero-order chi connectivity index (χ0) is 22.2. The van der Waals surface area contributed by atoms with Crippen molar-refractivity contribution in [2.45, 2.75) is 6.54 Å². The molecular formula is C21H22ClN7O2. The lowest BCUT2D eigenvalue weighted by Gasteiger charge is -2.14. The van der Waals surface area contributed by atoms with Crippen LogP contribution in [0.4, 0.5) is 22.1 Å². The lowest BCUT2D eigenvalue weighted by Crippen LogP contribution is -2.36. The second kappa shape index (κ2) is 10.4.